The van der Waals surface area contributed by atoms with E-state index < -0.39 is 17.6 Å². The third kappa shape index (κ3) is 4.77. The number of hydrogen-bond acceptors (Lipinski definition) is 3. The van der Waals surface area contributed by atoms with Crippen LogP contribution in [0.25, 0.3) is 11.1 Å². The number of ether oxygens (including phenoxy) is 1. The van der Waals surface area contributed by atoms with Crippen molar-refractivity contribution >= 4 is 12.1 Å². The molecule has 0 saturated carbocycles. The number of carbonyl (C=O) groups is 2. The molecule has 2 N–H and O–H groups in total. The molecule has 0 heterocycles. The fourth-order valence-corrected chi connectivity index (χ4v) is 4.54. The lowest BCUT2D eigenvalue weighted by Gasteiger charge is -2.27. The Bertz CT molecular complexity index is 1100. The van der Waals surface area contributed by atoms with Crippen molar-refractivity contribution in [3.05, 3.63) is 95.6 Å². The smallest absolute Gasteiger partial charge is 0.408 e. The minimum atomic E-state index is -1.41. The summed E-state index contributed by atoms with van der Waals surface area (Å²) in [4.78, 5) is 24.7. The zero-order chi connectivity index (χ0) is 23.4. The molecule has 0 aromatic heterocycles. The third-order valence-electron chi connectivity index (χ3n) is 6.64. The Morgan fingerprint density at radius 1 is 0.939 bits per heavy atom. The van der Waals surface area contributed by atoms with Gasteiger partial charge in [0.05, 0.1) is 0 Å². The quantitative estimate of drug-likeness (QED) is 0.451. The summed E-state index contributed by atoms with van der Waals surface area (Å²) < 4.78 is 5.56. The lowest BCUT2D eigenvalue weighted by Crippen LogP contribution is -2.52. The number of carboxylic acid groups (broad SMARTS) is 1. The number of hydrogen-bond donors (Lipinski definition) is 2. The maximum absolute atomic E-state index is 12.7. The summed E-state index contributed by atoms with van der Waals surface area (Å²) in [6.45, 7) is 3.75. The molecule has 1 aliphatic rings. The van der Waals surface area contributed by atoms with Crippen molar-refractivity contribution < 1.29 is 19.4 Å². The Morgan fingerprint density at radius 3 is 2.06 bits per heavy atom. The molecule has 0 spiro atoms. The predicted octanol–water partition coefficient (Wildman–Crippen LogP) is 5.95. The number of fused-ring (bicyclic) bond motifs is 3. The molecule has 3 aromatic carbocycles. The van der Waals surface area contributed by atoms with E-state index in [1.165, 1.54) is 6.92 Å². The zero-order valence-electron chi connectivity index (χ0n) is 19.0. The number of amides is 1. The van der Waals surface area contributed by atoms with Gasteiger partial charge in [-0.2, -0.15) is 0 Å². The third-order valence-corrected chi connectivity index (χ3v) is 6.64. The van der Waals surface area contributed by atoms with Gasteiger partial charge in [0.1, 0.15) is 12.1 Å². The summed E-state index contributed by atoms with van der Waals surface area (Å²) >= 11 is 0. The van der Waals surface area contributed by atoms with Gasteiger partial charge in [0.15, 0.2) is 0 Å². The normalized spacial score (nSPS) is 15.1. The summed E-state index contributed by atoms with van der Waals surface area (Å²) in [5.41, 5.74) is 4.26. The monoisotopic (exact) mass is 443 g/mol. The van der Waals surface area contributed by atoms with Crippen molar-refractivity contribution in [3.63, 3.8) is 0 Å². The van der Waals surface area contributed by atoms with E-state index in [4.69, 9.17) is 4.74 Å². The summed E-state index contributed by atoms with van der Waals surface area (Å²) in [7, 11) is 0. The molecule has 2 atom stereocenters. The van der Waals surface area contributed by atoms with Gasteiger partial charge in [0.25, 0.3) is 0 Å². The lowest BCUT2D eigenvalue weighted by atomic mass is 9.88. The lowest BCUT2D eigenvalue weighted by molar-refractivity contribution is -0.144. The molecule has 1 aliphatic carbocycles. The van der Waals surface area contributed by atoms with Crippen molar-refractivity contribution in [1.29, 1.82) is 0 Å². The first-order valence-corrected chi connectivity index (χ1v) is 11.3. The first-order valence-electron chi connectivity index (χ1n) is 11.3. The molecule has 1 amide bonds. The Labute approximate surface area is 194 Å². The highest BCUT2D eigenvalue weighted by molar-refractivity contribution is 5.84. The molecular weight excluding hydrogens is 414 g/mol. The van der Waals surface area contributed by atoms with Gasteiger partial charge in [-0.3, -0.25) is 0 Å². The molecule has 5 nitrogen and oxygen atoms in total. The van der Waals surface area contributed by atoms with Crippen LogP contribution in [0.1, 0.15) is 55.2 Å². The number of alkyl carbamates (subject to hydrolysis) is 1. The molecule has 4 rings (SSSR count). The van der Waals surface area contributed by atoms with Crippen LogP contribution in [-0.4, -0.2) is 29.3 Å². The summed E-state index contributed by atoms with van der Waals surface area (Å²) in [6.07, 6.45) is 0.202. The number of benzene rings is 3. The molecule has 3 aromatic rings. The van der Waals surface area contributed by atoms with Crippen LogP contribution < -0.4 is 5.32 Å². The first kappa shape index (κ1) is 22.6. The van der Waals surface area contributed by atoms with E-state index in [-0.39, 0.29) is 18.4 Å². The van der Waals surface area contributed by atoms with Crippen molar-refractivity contribution in [3.8, 4) is 11.1 Å². The van der Waals surface area contributed by atoms with E-state index in [1.54, 1.807) is 0 Å². The van der Waals surface area contributed by atoms with Crippen LogP contribution in [0.5, 0.6) is 0 Å². The fourth-order valence-electron chi connectivity index (χ4n) is 4.54. The summed E-state index contributed by atoms with van der Waals surface area (Å²) in [5, 5.41) is 12.4. The van der Waals surface area contributed by atoms with Crippen molar-refractivity contribution in [2.75, 3.05) is 6.61 Å². The molecule has 170 valence electrons. The van der Waals surface area contributed by atoms with Crippen molar-refractivity contribution in [2.45, 2.75) is 44.1 Å². The van der Waals surface area contributed by atoms with Crippen molar-refractivity contribution in [2.24, 2.45) is 0 Å². The maximum atomic E-state index is 12.7. The Balaban J connectivity index is 1.40. The molecule has 33 heavy (non-hydrogen) atoms. The molecule has 0 bridgehead atoms. The molecule has 5 heteroatoms. The van der Waals surface area contributed by atoms with E-state index in [9.17, 15) is 14.7 Å². The van der Waals surface area contributed by atoms with Crippen LogP contribution in [0.3, 0.4) is 0 Å². The van der Waals surface area contributed by atoms with Crippen LogP contribution >= 0.6 is 0 Å². The summed E-state index contributed by atoms with van der Waals surface area (Å²) in [6, 6.07) is 26.2. The molecule has 0 fully saturated rings. The zero-order valence-corrected chi connectivity index (χ0v) is 19.0. The van der Waals surface area contributed by atoms with Gasteiger partial charge < -0.3 is 15.2 Å². The van der Waals surface area contributed by atoms with Crippen LogP contribution in [0, 0.1) is 0 Å². The van der Waals surface area contributed by atoms with Gasteiger partial charge in [-0.15, -0.1) is 0 Å². The molecular formula is C28H29NO4. The Morgan fingerprint density at radius 2 is 1.48 bits per heavy atom. The van der Waals surface area contributed by atoms with Crippen LogP contribution in [-0.2, 0) is 9.53 Å². The fraction of sp³-hybridized carbons (Fsp3) is 0.286. The van der Waals surface area contributed by atoms with Gasteiger partial charge in [0, 0.05) is 5.92 Å². The minimum Gasteiger partial charge on any atom is -0.480 e. The van der Waals surface area contributed by atoms with Crippen molar-refractivity contribution in [1.82, 2.24) is 5.32 Å². The number of carboxylic acids is 1. The van der Waals surface area contributed by atoms with Crippen LogP contribution in [0.4, 0.5) is 4.79 Å². The minimum absolute atomic E-state index is 0.0719. The van der Waals surface area contributed by atoms with Gasteiger partial charge in [-0.25, -0.2) is 9.59 Å². The maximum Gasteiger partial charge on any atom is 0.408 e. The predicted molar refractivity (Wildman–Crippen MR) is 128 cm³/mol. The summed E-state index contributed by atoms with van der Waals surface area (Å²) in [5.74, 6) is -0.970. The standard InChI is InChI=1S/C28H29NO4/c1-19(20-10-4-3-5-11-20)16-17-28(2,26(30)31)29-27(32)33-18-25-23-14-8-6-12-21(23)22-13-7-9-15-24(22)25/h3-15,19,25H,16-18H2,1-2H3,(H,29,32)(H,30,31). The Hall–Kier alpha value is -3.60. The van der Waals surface area contributed by atoms with Crippen LogP contribution in [0.2, 0.25) is 0 Å². The topological polar surface area (TPSA) is 75.6 Å². The highest BCUT2D eigenvalue weighted by Gasteiger charge is 2.36. The molecule has 2 unspecified atom stereocenters. The second-order valence-electron chi connectivity index (χ2n) is 8.94. The molecule has 0 aliphatic heterocycles. The SMILES string of the molecule is CC(CCC(C)(NC(=O)OCC1c2ccccc2-c2ccccc21)C(=O)O)c1ccccc1. The number of nitrogens with one attached hydrogen (secondary N) is 1. The van der Waals surface area contributed by atoms with Gasteiger partial charge in [0.2, 0.25) is 0 Å². The number of aliphatic carboxylic acids is 1. The second-order valence-corrected chi connectivity index (χ2v) is 8.94. The Kier molecular flexibility index (Phi) is 6.50. The highest BCUT2D eigenvalue weighted by Crippen LogP contribution is 2.44. The largest absolute Gasteiger partial charge is 0.480 e. The van der Waals surface area contributed by atoms with E-state index in [1.807, 2.05) is 66.7 Å². The number of rotatable bonds is 8. The van der Waals surface area contributed by atoms with Crippen LogP contribution in [0.15, 0.2) is 78.9 Å². The molecule has 0 saturated heterocycles. The van der Waals surface area contributed by atoms with E-state index >= 15 is 0 Å². The second kappa shape index (κ2) is 9.49. The van der Waals surface area contributed by atoms with E-state index in [0.29, 0.717) is 12.8 Å². The van der Waals surface area contributed by atoms with E-state index in [2.05, 4.69) is 24.4 Å². The average Bonchev–Trinajstić information content (AvgIpc) is 3.15. The van der Waals surface area contributed by atoms with Gasteiger partial charge in [-0.05, 0) is 53.5 Å². The van der Waals surface area contributed by atoms with Gasteiger partial charge in [-0.1, -0.05) is 85.8 Å². The number of carbonyl (C=O) groups excluding carboxylic acids is 1. The van der Waals surface area contributed by atoms with E-state index in [0.717, 1.165) is 27.8 Å². The molecule has 0 radical (unpaired) electrons. The average molecular weight is 444 g/mol. The first-order chi connectivity index (χ1) is 15.9. The highest BCUT2D eigenvalue weighted by atomic mass is 16.5. The van der Waals surface area contributed by atoms with Gasteiger partial charge >= 0.3 is 12.1 Å².